The van der Waals surface area contributed by atoms with Crippen LogP contribution >= 0.6 is 34.8 Å². The van der Waals surface area contributed by atoms with Gasteiger partial charge in [0, 0.05) is 12.1 Å². The average molecular weight is 422 g/mol. The first-order valence-electron chi connectivity index (χ1n) is 7.17. The largest absolute Gasteiger partial charge is 0.321 e. The van der Waals surface area contributed by atoms with Crippen LogP contribution in [0.25, 0.3) is 0 Å². The first-order valence-corrected chi connectivity index (χ1v) is 10.2. The highest BCUT2D eigenvalue weighted by atomic mass is 35.5. The van der Waals surface area contributed by atoms with E-state index in [4.69, 9.17) is 34.8 Å². The van der Waals surface area contributed by atoms with Crippen molar-refractivity contribution >= 4 is 62.1 Å². The van der Waals surface area contributed by atoms with Crippen molar-refractivity contribution in [3.63, 3.8) is 0 Å². The number of hydrogen-bond donors (Lipinski definition) is 1. The number of carbonyl (C=O) groups excluding carboxylic acids is 1. The highest BCUT2D eigenvalue weighted by Gasteiger charge is 2.16. The minimum atomic E-state index is -3.38. The van der Waals surface area contributed by atoms with Crippen LogP contribution in [0.2, 0.25) is 15.1 Å². The number of hydrogen-bond acceptors (Lipinski definition) is 3. The van der Waals surface area contributed by atoms with Crippen LogP contribution in [0.3, 0.4) is 0 Å². The van der Waals surface area contributed by atoms with Crippen molar-refractivity contribution in [2.75, 3.05) is 22.4 Å². The predicted molar refractivity (Wildman–Crippen MR) is 104 cm³/mol. The molecule has 0 spiro atoms. The van der Waals surface area contributed by atoms with Gasteiger partial charge in [0.1, 0.15) is 0 Å². The van der Waals surface area contributed by atoms with Crippen LogP contribution in [0, 0.1) is 0 Å². The van der Waals surface area contributed by atoms with Crippen molar-refractivity contribution in [2.24, 2.45) is 0 Å². The summed E-state index contributed by atoms with van der Waals surface area (Å²) < 4.78 is 24.7. The molecule has 0 aliphatic rings. The maximum Gasteiger partial charge on any atom is 0.255 e. The first-order chi connectivity index (χ1) is 11.6. The van der Waals surface area contributed by atoms with Crippen LogP contribution in [0.15, 0.2) is 36.4 Å². The molecule has 2 aromatic rings. The molecule has 2 aromatic carbocycles. The smallest absolute Gasteiger partial charge is 0.255 e. The van der Waals surface area contributed by atoms with E-state index in [-0.39, 0.29) is 15.1 Å². The Bertz CT molecular complexity index is 900. The van der Waals surface area contributed by atoms with Gasteiger partial charge < -0.3 is 5.32 Å². The van der Waals surface area contributed by atoms with Crippen molar-refractivity contribution < 1.29 is 13.2 Å². The van der Waals surface area contributed by atoms with Crippen LogP contribution in [0.5, 0.6) is 0 Å². The minimum Gasteiger partial charge on any atom is -0.321 e. The summed E-state index contributed by atoms with van der Waals surface area (Å²) in [5.41, 5.74) is 1.15. The van der Waals surface area contributed by atoms with Gasteiger partial charge >= 0.3 is 0 Å². The Hall–Kier alpha value is -1.47. The van der Waals surface area contributed by atoms with Gasteiger partial charge in [-0.15, -0.1) is 0 Å². The van der Waals surface area contributed by atoms with Crippen LogP contribution in [-0.4, -0.2) is 27.1 Å². The van der Waals surface area contributed by atoms with E-state index in [0.717, 1.165) is 6.26 Å². The highest BCUT2D eigenvalue weighted by Crippen LogP contribution is 2.32. The fourth-order valence-corrected chi connectivity index (χ4v) is 3.77. The lowest BCUT2D eigenvalue weighted by atomic mass is 10.2. The highest BCUT2D eigenvalue weighted by molar-refractivity contribution is 7.92. The molecule has 0 heterocycles. The lowest BCUT2D eigenvalue weighted by Gasteiger charge is -2.20. The average Bonchev–Trinajstić information content (AvgIpc) is 2.52. The molecule has 0 radical (unpaired) electrons. The Labute approximate surface area is 161 Å². The van der Waals surface area contributed by atoms with E-state index in [1.54, 1.807) is 19.1 Å². The monoisotopic (exact) mass is 420 g/mol. The van der Waals surface area contributed by atoms with Crippen molar-refractivity contribution in [3.05, 3.63) is 57.0 Å². The molecule has 5 nitrogen and oxygen atoms in total. The summed E-state index contributed by atoms with van der Waals surface area (Å²) >= 11 is 17.8. The van der Waals surface area contributed by atoms with Crippen LogP contribution < -0.4 is 9.62 Å². The molecule has 1 N–H and O–H groups in total. The molecule has 0 saturated heterocycles. The van der Waals surface area contributed by atoms with E-state index in [1.807, 2.05) is 0 Å². The summed E-state index contributed by atoms with van der Waals surface area (Å²) in [5, 5.41) is 3.45. The van der Waals surface area contributed by atoms with E-state index in [9.17, 15) is 13.2 Å². The van der Waals surface area contributed by atoms with Gasteiger partial charge in [0.15, 0.2) is 0 Å². The zero-order chi connectivity index (χ0) is 18.8. The van der Waals surface area contributed by atoms with Crippen molar-refractivity contribution in [3.8, 4) is 0 Å². The Morgan fingerprint density at radius 1 is 1.04 bits per heavy atom. The van der Waals surface area contributed by atoms with Gasteiger partial charge in [-0.1, -0.05) is 34.8 Å². The molecule has 0 unspecified atom stereocenters. The maximum atomic E-state index is 12.3. The van der Waals surface area contributed by atoms with Gasteiger partial charge in [0.25, 0.3) is 5.91 Å². The maximum absolute atomic E-state index is 12.3. The van der Waals surface area contributed by atoms with Gasteiger partial charge in [-0.2, -0.15) is 0 Å². The molecule has 2 rings (SSSR count). The summed E-state index contributed by atoms with van der Waals surface area (Å²) in [6.45, 7) is 2.03. The van der Waals surface area contributed by atoms with E-state index in [2.05, 4.69) is 5.32 Å². The lowest BCUT2D eigenvalue weighted by Crippen LogP contribution is -2.29. The van der Waals surface area contributed by atoms with Crippen molar-refractivity contribution in [1.29, 1.82) is 0 Å². The number of amides is 1. The third-order valence-electron chi connectivity index (χ3n) is 3.36. The number of anilines is 2. The third kappa shape index (κ3) is 4.79. The summed E-state index contributed by atoms with van der Waals surface area (Å²) in [4.78, 5) is 12.3. The van der Waals surface area contributed by atoms with Crippen molar-refractivity contribution in [1.82, 2.24) is 0 Å². The Balaban J connectivity index is 2.23. The third-order valence-corrected chi connectivity index (χ3v) is 5.67. The molecule has 0 aliphatic carbocycles. The fraction of sp³-hybridized carbons (Fsp3) is 0.188. The van der Waals surface area contributed by atoms with Gasteiger partial charge in [-0.3, -0.25) is 9.10 Å². The van der Waals surface area contributed by atoms with Crippen LogP contribution in [0.4, 0.5) is 11.4 Å². The lowest BCUT2D eigenvalue weighted by molar-refractivity contribution is 0.102. The number of benzene rings is 2. The Morgan fingerprint density at radius 3 is 2.12 bits per heavy atom. The zero-order valence-electron chi connectivity index (χ0n) is 13.4. The van der Waals surface area contributed by atoms with Gasteiger partial charge in [0.2, 0.25) is 10.0 Å². The number of nitrogens with zero attached hydrogens (tertiary/aromatic N) is 1. The Kier molecular flexibility index (Phi) is 6.21. The quantitative estimate of drug-likeness (QED) is 0.712. The standard InChI is InChI=1S/C16H15Cl3N2O3S/c1-3-21(25(2,23)24)11-6-4-10(5-7-11)16(22)20-15-9-13(18)12(17)8-14(15)19/h4-9H,3H2,1-2H3,(H,20,22). The Morgan fingerprint density at radius 2 is 1.60 bits per heavy atom. The zero-order valence-corrected chi connectivity index (χ0v) is 16.5. The number of rotatable bonds is 5. The number of nitrogens with one attached hydrogen (secondary N) is 1. The molecule has 1 amide bonds. The molecule has 0 aromatic heterocycles. The predicted octanol–water partition coefficient (Wildman–Crippen LogP) is 4.69. The summed E-state index contributed by atoms with van der Waals surface area (Å²) in [6.07, 6.45) is 1.13. The second kappa shape index (κ2) is 7.83. The van der Waals surface area contributed by atoms with E-state index in [1.165, 1.54) is 28.6 Å². The SMILES string of the molecule is CCN(c1ccc(C(=O)Nc2cc(Cl)c(Cl)cc2Cl)cc1)S(C)(=O)=O. The molecule has 0 aliphatic heterocycles. The molecule has 0 bridgehead atoms. The number of carbonyl (C=O) groups is 1. The first kappa shape index (κ1) is 19.8. The fourth-order valence-electron chi connectivity index (χ4n) is 2.20. The van der Waals surface area contributed by atoms with Crippen LogP contribution in [-0.2, 0) is 10.0 Å². The van der Waals surface area contributed by atoms with E-state index < -0.39 is 15.9 Å². The summed E-state index contributed by atoms with van der Waals surface area (Å²) in [5.74, 6) is -0.408. The van der Waals surface area contributed by atoms with E-state index >= 15 is 0 Å². The second-order valence-electron chi connectivity index (χ2n) is 5.17. The topological polar surface area (TPSA) is 66.5 Å². The molecular weight excluding hydrogens is 407 g/mol. The van der Waals surface area contributed by atoms with Gasteiger partial charge in [-0.05, 0) is 43.3 Å². The number of halogens is 3. The molecular formula is C16H15Cl3N2O3S. The normalized spacial score (nSPS) is 11.2. The molecule has 25 heavy (non-hydrogen) atoms. The summed E-state index contributed by atoms with van der Waals surface area (Å²) in [7, 11) is -3.38. The van der Waals surface area contributed by atoms with Crippen molar-refractivity contribution in [2.45, 2.75) is 6.92 Å². The molecule has 9 heteroatoms. The van der Waals surface area contributed by atoms with Gasteiger partial charge in [-0.25, -0.2) is 8.42 Å². The van der Waals surface area contributed by atoms with Gasteiger partial charge in [0.05, 0.1) is 32.7 Å². The molecule has 0 fully saturated rings. The molecule has 134 valence electrons. The number of sulfonamides is 1. The van der Waals surface area contributed by atoms with Crippen LogP contribution in [0.1, 0.15) is 17.3 Å². The minimum absolute atomic E-state index is 0.258. The molecule has 0 atom stereocenters. The summed E-state index contributed by atoms with van der Waals surface area (Å²) in [6, 6.07) is 9.09. The second-order valence-corrected chi connectivity index (χ2v) is 8.30. The van der Waals surface area contributed by atoms with E-state index in [0.29, 0.717) is 23.5 Å². The molecule has 0 saturated carbocycles.